The monoisotopic (exact) mass is 444 g/mol. The van der Waals surface area contributed by atoms with Crippen molar-refractivity contribution < 1.29 is 15.1 Å². The summed E-state index contributed by atoms with van der Waals surface area (Å²) < 4.78 is 0. The molecule has 5 nitrogen and oxygen atoms in total. The lowest BCUT2D eigenvalue weighted by atomic mass is 9.43. The van der Waals surface area contributed by atoms with E-state index in [0.29, 0.717) is 42.2 Å². The molecule has 0 aromatic heterocycles. The Balaban J connectivity index is 1.41. The van der Waals surface area contributed by atoms with Crippen LogP contribution in [0.3, 0.4) is 0 Å². The summed E-state index contributed by atoms with van der Waals surface area (Å²) in [6.07, 6.45) is 20.3. The molecule has 0 spiro atoms. The molecular formula is C27H44N2O3. The molecule has 4 fully saturated rings. The molecular weight excluding hydrogens is 400 g/mol. The van der Waals surface area contributed by atoms with Gasteiger partial charge in [-0.25, -0.2) is 0 Å². The number of allylic oxidation sites excluding steroid dienone is 4. The normalized spacial score (nSPS) is 46.5. The smallest absolute Gasteiger partial charge is 0.118 e. The summed E-state index contributed by atoms with van der Waals surface area (Å²) in [5.74, 6) is 2.05. The average molecular weight is 445 g/mol. The van der Waals surface area contributed by atoms with Gasteiger partial charge in [0.2, 0.25) is 0 Å². The maximum atomic E-state index is 12.2. The van der Waals surface area contributed by atoms with Crippen molar-refractivity contribution in [2.75, 3.05) is 13.2 Å². The molecule has 32 heavy (non-hydrogen) atoms. The van der Waals surface area contributed by atoms with Gasteiger partial charge in [-0.2, -0.15) is 0 Å². The predicted octanol–water partition coefficient (Wildman–Crippen LogP) is 4.58. The molecule has 0 aromatic rings. The van der Waals surface area contributed by atoms with Gasteiger partial charge >= 0.3 is 0 Å². The van der Waals surface area contributed by atoms with Crippen LogP contribution in [-0.4, -0.2) is 41.3 Å². The second-order valence-electron chi connectivity index (χ2n) is 11.4. The van der Waals surface area contributed by atoms with Crippen molar-refractivity contribution in [3.63, 3.8) is 0 Å². The van der Waals surface area contributed by atoms with Crippen LogP contribution in [0.25, 0.3) is 0 Å². The van der Waals surface area contributed by atoms with Crippen molar-refractivity contribution in [3.05, 3.63) is 24.3 Å². The Morgan fingerprint density at radius 3 is 2.66 bits per heavy atom. The van der Waals surface area contributed by atoms with E-state index in [1.165, 1.54) is 12.8 Å². The Labute approximate surface area is 194 Å². The lowest BCUT2D eigenvalue weighted by molar-refractivity contribution is -0.207. The van der Waals surface area contributed by atoms with Crippen molar-refractivity contribution >= 4 is 6.21 Å². The quantitative estimate of drug-likeness (QED) is 0.232. The first-order valence-electron chi connectivity index (χ1n) is 12.9. The van der Waals surface area contributed by atoms with Crippen LogP contribution >= 0.6 is 0 Å². The first kappa shape index (κ1) is 24.0. The molecule has 0 amide bonds. The number of nitrogens with two attached hydrogens (primary N) is 1. The van der Waals surface area contributed by atoms with E-state index < -0.39 is 5.60 Å². The summed E-state index contributed by atoms with van der Waals surface area (Å²) in [5, 5.41) is 26.3. The summed E-state index contributed by atoms with van der Waals surface area (Å²) in [7, 11) is 0. The van der Waals surface area contributed by atoms with Crippen LogP contribution in [0.2, 0.25) is 0 Å². The molecule has 0 bridgehead atoms. The van der Waals surface area contributed by atoms with E-state index in [1.807, 2.05) is 12.2 Å². The number of hydrogen-bond acceptors (Lipinski definition) is 5. The van der Waals surface area contributed by atoms with Crippen LogP contribution in [0.5, 0.6) is 0 Å². The van der Waals surface area contributed by atoms with Gasteiger partial charge in [-0.1, -0.05) is 37.2 Å². The first-order chi connectivity index (χ1) is 15.3. The zero-order valence-electron chi connectivity index (χ0n) is 20.1. The summed E-state index contributed by atoms with van der Waals surface area (Å²) >= 11 is 0. The zero-order chi connectivity index (χ0) is 22.8. The minimum atomic E-state index is -0.559. The van der Waals surface area contributed by atoms with Crippen LogP contribution in [0.1, 0.15) is 78.1 Å². The van der Waals surface area contributed by atoms with Gasteiger partial charge in [-0.15, -0.1) is 0 Å². The molecule has 0 aromatic carbocycles. The molecule has 0 aliphatic heterocycles. The molecule has 0 radical (unpaired) electrons. The fraction of sp³-hybridized carbons (Fsp3) is 0.815. The predicted molar refractivity (Wildman–Crippen MR) is 129 cm³/mol. The average Bonchev–Trinajstić information content (AvgIpc) is 3.04. The van der Waals surface area contributed by atoms with E-state index in [-0.39, 0.29) is 11.5 Å². The Morgan fingerprint density at radius 2 is 1.84 bits per heavy atom. The third-order valence-corrected chi connectivity index (χ3v) is 10.1. The van der Waals surface area contributed by atoms with Crippen molar-refractivity contribution in [1.82, 2.24) is 0 Å². The third kappa shape index (κ3) is 4.10. The van der Waals surface area contributed by atoms with E-state index in [4.69, 9.17) is 10.6 Å². The molecule has 4 aliphatic rings. The maximum Gasteiger partial charge on any atom is 0.118 e. The van der Waals surface area contributed by atoms with Crippen molar-refractivity contribution in [1.29, 1.82) is 0 Å². The van der Waals surface area contributed by atoms with Gasteiger partial charge in [0.15, 0.2) is 0 Å². The first-order valence-corrected chi connectivity index (χ1v) is 12.9. The van der Waals surface area contributed by atoms with Crippen LogP contribution in [0, 0.1) is 34.5 Å². The number of rotatable bonds is 7. The SMILES string of the molecule is C[C@]12CC[C@H](O)C[C@H]1CC[C@@H]1[C@@H]2CC[C@]2(C)[C@@H](/C=C/C=C/C=N/OCCCN)CC[C@]12O. The molecule has 4 saturated carbocycles. The number of nitrogens with zero attached hydrogens (tertiary/aromatic N) is 1. The highest BCUT2D eigenvalue weighted by Gasteiger charge is 2.66. The summed E-state index contributed by atoms with van der Waals surface area (Å²) in [4.78, 5) is 5.12. The topological polar surface area (TPSA) is 88.1 Å². The summed E-state index contributed by atoms with van der Waals surface area (Å²) in [6, 6.07) is 0. The zero-order valence-corrected chi connectivity index (χ0v) is 20.1. The maximum absolute atomic E-state index is 12.2. The van der Waals surface area contributed by atoms with Gasteiger partial charge in [0, 0.05) is 5.41 Å². The molecule has 0 unspecified atom stereocenters. The van der Waals surface area contributed by atoms with Crippen molar-refractivity contribution in [3.8, 4) is 0 Å². The Bertz CT molecular complexity index is 736. The lowest BCUT2D eigenvalue weighted by Crippen LogP contribution is -2.62. The minimum Gasteiger partial charge on any atom is -0.396 e. The molecule has 0 heterocycles. The van der Waals surface area contributed by atoms with Crippen LogP contribution in [-0.2, 0) is 4.84 Å². The highest BCUT2D eigenvalue weighted by molar-refractivity contribution is 5.70. The molecule has 4 aliphatic carbocycles. The van der Waals surface area contributed by atoms with E-state index in [9.17, 15) is 10.2 Å². The van der Waals surface area contributed by atoms with E-state index >= 15 is 0 Å². The van der Waals surface area contributed by atoms with Crippen LogP contribution < -0.4 is 5.73 Å². The Hall–Kier alpha value is -1.17. The van der Waals surface area contributed by atoms with E-state index in [1.54, 1.807) is 6.21 Å². The van der Waals surface area contributed by atoms with Gasteiger partial charge < -0.3 is 20.8 Å². The minimum absolute atomic E-state index is 0.0463. The molecule has 4 N–H and O–H groups in total. The number of hydrogen-bond donors (Lipinski definition) is 3. The number of aliphatic hydroxyl groups excluding tert-OH is 1. The Kier molecular flexibility index (Phi) is 7.19. The second-order valence-corrected chi connectivity index (χ2v) is 11.4. The largest absolute Gasteiger partial charge is 0.396 e. The van der Waals surface area contributed by atoms with E-state index in [0.717, 1.165) is 51.4 Å². The fourth-order valence-electron chi connectivity index (χ4n) is 8.14. The van der Waals surface area contributed by atoms with Gasteiger partial charge in [-0.05, 0) is 106 Å². The van der Waals surface area contributed by atoms with Gasteiger partial charge in [0.1, 0.15) is 6.61 Å². The number of oxime groups is 1. The molecule has 0 saturated heterocycles. The highest BCUT2D eigenvalue weighted by Crippen LogP contribution is 2.69. The standard InChI is InChI=1S/C27H44N2O3/c1-25-13-11-22(30)19-21(25)8-9-24-23(25)12-14-26(2)20(10-15-27(24,26)31)7-4-3-5-17-29-32-18-6-16-28/h3-5,7,17,20-24,30-31H,6,8-16,18-19,28H2,1-2H3/b5-3+,7-4+,29-17+/t20-,21+,22-,23-,24+,25-,26+,27-/m0/s1. The summed E-state index contributed by atoms with van der Waals surface area (Å²) in [6.45, 7) is 5.99. The van der Waals surface area contributed by atoms with E-state index in [2.05, 4.69) is 31.2 Å². The van der Waals surface area contributed by atoms with Gasteiger partial charge in [0.05, 0.1) is 17.9 Å². The van der Waals surface area contributed by atoms with Crippen LogP contribution in [0.4, 0.5) is 0 Å². The Morgan fingerprint density at radius 1 is 1.00 bits per heavy atom. The number of aliphatic hydroxyl groups is 2. The van der Waals surface area contributed by atoms with Gasteiger partial charge in [-0.3, -0.25) is 0 Å². The summed E-state index contributed by atoms with van der Waals surface area (Å²) in [5.41, 5.74) is 5.12. The number of fused-ring (bicyclic) bond motifs is 5. The molecule has 8 atom stereocenters. The van der Waals surface area contributed by atoms with Crippen LogP contribution in [0.15, 0.2) is 29.5 Å². The van der Waals surface area contributed by atoms with Gasteiger partial charge in [0.25, 0.3) is 0 Å². The fourth-order valence-corrected chi connectivity index (χ4v) is 8.14. The molecule has 4 rings (SSSR count). The molecule has 5 heteroatoms. The highest BCUT2D eigenvalue weighted by atomic mass is 16.6. The molecule has 180 valence electrons. The van der Waals surface area contributed by atoms with Crippen molar-refractivity contribution in [2.24, 2.45) is 45.4 Å². The second kappa shape index (κ2) is 9.60. The lowest BCUT2D eigenvalue weighted by Gasteiger charge is -2.63. The third-order valence-electron chi connectivity index (χ3n) is 10.1. The van der Waals surface area contributed by atoms with Crippen molar-refractivity contribution in [2.45, 2.75) is 89.8 Å².